The van der Waals surface area contributed by atoms with E-state index in [1.165, 1.54) is 13.4 Å². The smallest absolute Gasteiger partial charge is 0.216 e. The van der Waals surface area contributed by atoms with Crippen molar-refractivity contribution in [3.63, 3.8) is 0 Å². The average molecular weight is 326 g/mol. The van der Waals surface area contributed by atoms with Gasteiger partial charge in [0.15, 0.2) is 0 Å². The van der Waals surface area contributed by atoms with Crippen LogP contribution in [0.5, 0.6) is 5.88 Å². The highest BCUT2D eigenvalue weighted by atomic mass is 79.9. The van der Waals surface area contributed by atoms with E-state index < -0.39 is 6.04 Å². The first kappa shape index (κ1) is 13.9. The molecule has 0 spiro atoms. The van der Waals surface area contributed by atoms with Crippen LogP contribution in [0, 0.1) is 5.82 Å². The minimum atomic E-state index is -0.475. The van der Waals surface area contributed by atoms with Gasteiger partial charge in [-0.15, -0.1) is 0 Å². The zero-order valence-electron chi connectivity index (χ0n) is 10.3. The molecule has 4 nitrogen and oxygen atoms in total. The fourth-order valence-corrected chi connectivity index (χ4v) is 2.12. The number of ether oxygens (including phenoxy) is 1. The van der Waals surface area contributed by atoms with Crippen molar-refractivity contribution in [3.8, 4) is 5.88 Å². The van der Waals surface area contributed by atoms with Gasteiger partial charge in [-0.2, -0.15) is 0 Å². The largest absolute Gasteiger partial charge is 0.481 e. The number of hydrogen-bond acceptors (Lipinski definition) is 4. The quantitative estimate of drug-likeness (QED) is 0.938. The zero-order valence-corrected chi connectivity index (χ0v) is 11.9. The first-order chi connectivity index (χ1) is 9.11. The van der Waals surface area contributed by atoms with Gasteiger partial charge in [0.2, 0.25) is 5.88 Å². The highest BCUT2D eigenvalue weighted by molar-refractivity contribution is 9.10. The van der Waals surface area contributed by atoms with Crippen LogP contribution in [-0.4, -0.2) is 17.1 Å². The minimum Gasteiger partial charge on any atom is -0.481 e. The number of nitrogens with zero attached hydrogens (tertiary/aromatic N) is 2. The molecule has 0 saturated carbocycles. The molecule has 100 valence electrons. The Morgan fingerprint density at radius 1 is 1.42 bits per heavy atom. The predicted octanol–water partition coefficient (Wildman–Crippen LogP) is 2.63. The summed E-state index contributed by atoms with van der Waals surface area (Å²) >= 11 is 3.15. The molecule has 0 saturated heterocycles. The van der Waals surface area contributed by atoms with E-state index in [0.29, 0.717) is 28.0 Å². The lowest BCUT2D eigenvalue weighted by atomic mass is 10.0. The lowest BCUT2D eigenvalue weighted by Gasteiger charge is -2.13. The van der Waals surface area contributed by atoms with Crippen LogP contribution < -0.4 is 10.5 Å². The topological polar surface area (TPSA) is 61.0 Å². The maximum Gasteiger partial charge on any atom is 0.216 e. The molecule has 0 fully saturated rings. The first-order valence-corrected chi connectivity index (χ1v) is 6.45. The van der Waals surface area contributed by atoms with Gasteiger partial charge in [0.25, 0.3) is 0 Å². The molecular weight excluding hydrogens is 313 g/mol. The van der Waals surface area contributed by atoms with E-state index in [1.807, 2.05) is 0 Å². The molecule has 1 unspecified atom stereocenters. The molecule has 0 aliphatic rings. The van der Waals surface area contributed by atoms with Crippen molar-refractivity contribution in [1.29, 1.82) is 0 Å². The van der Waals surface area contributed by atoms with Crippen molar-refractivity contribution < 1.29 is 9.13 Å². The van der Waals surface area contributed by atoms with Crippen LogP contribution >= 0.6 is 15.9 Å². The lowest BCUT2D eigenvalue weighted by molar-refractivity contribution is 0.395. The molecule has 6 heteroatoms. The molecular formula is C13H13BrFN3O. The van der Waals surface area contributed by atoms with Gasteiger partial charge in [0, 0.05) is 29.8 Å². The van der Waals surface area contributed by atoms with E-state index in [2.05, 4.69) is 25.9 Å². The second-order valence-electron chi connectivity index (χ2n) is 4.01. The molecule has 2 rings (SSSR count). The Morgan fingerprint density at radius 3 is 2.95 bits per heavy atom. The van der Waals surface area contributed by atoms with Crippen molar-refractivity contribution in [3.05, 3.63) is 52.1 Å². The van der Waals surface area contributed by atoms with Crippen molar-refractivity contribution in [2.24, 2.45) is 5.73 Å². The number of methoxy groups -OCH3 is 1. The van der Waals surface area contributed by atoms with Gasteiger partial charge in [-0.05, 0) is 22.0 Å². The summed E-state index contributed by atoms with van der Waals surface area (Å²) in [5, 5.41) is 0. The highest BCUT2D eigenvalue weighted by Gasteiger charge is 2.15. The normalized spacial score (nSPS) is 12.2. The summed E-state index contributed by atoms with van der Waals surface area (Å²) in [6, 6.07) is 6.28. The van der Waals surface area contributed by atoms with Crippen LogP contribution in [0.3, 0.4) is 0 Å². The van der Waals surface area contributed by atoms with Gasteiger partial charge >= 0.3 is 0 Å². The maximum atomic E-state index is 13.9. The van der Waals surface area contributed by atoms with E-state index in [-0.39, 0.29) is 5.82 Å². The first-order valence-electron chi connectivity index (χ1n) is 5.66. The Balaban J connectivity index is 2.20. The molecule has 1 aromatic heterocycles. The number of rotatable bonds is 4. The Labute approximate surface area is 119 Å². The van der Waals surface area contributed by atoms with Crippen molar-refractivity contribution in [1.82, 2.24) is 9.97 Å². The Morgan fingerprint density at radius 2 is 2.21 bits per heavy atom. The van der Waals surface area contributed by atoms with E-state index in [4.69, 9.17) is 10.5 Å². The second kappa shape index (κ2) is 6.08. The Kier molecular flexibility index (Phi) is 4.44. The summed E-state index contributed by atoms with van der Waals surface area (Å²) in [6.07, 6.45) is 1.81. The SMILES string of the molecule is COc1cc(CC(N)c2cccc(Br)c2F)ncn1. The molecule has 0 amide bonds. The number of benzene rings is 1. The summed E-state index contributed by atoms with van der Waals surface area (Å²) in [7, 11) is 1.53. The molecule has 1 heterocycles. The highest BCUT2D eigenvalue weighted by Crippen LogP contribution is 2.24. The van der Waals surface area contributed by atoms with E-state index in [1.54, 1.807) is 24.3 Å². The lowest BCUT2D eigenvalue weighted by Crippen LogP contribution is -2.16. The van der Waals surface area contributed by atoms with E-state index in [9.17, 15) is 4.39 Å². The number of aromatic nitrogens is 2. The molecule has 2 N–H and O–H groups in total. The number of halogens is 2. The molecule has 19 heavy (non-hydrogen) atoms. The summed E-state index contributed by atoms with van der Waals surface area (Å²) in [6.45, 7) is 0. The number of nitrogens with two attached hydrogens (primary N) is 1. The molecule has 1 atom stereocenters. The van der Waals surface area contributed by atoms with Gasteiger partial charge in [0.1, 0.15) is 12.1 Å². The molecule has 2 aromatic rings. The van der Waals surface area contributed by atoms with Crippen LogP contribution in [0.2, 0.25) is 0 Å². The fourth-order valence-electron chi connectivity index (χ4n) is 1.74. The number of hydrogen-bond donors (Lipinski definition) is 1. The molecule has 0 bridgehead atoms. The van der Waals surface area contributed by atoms with E-state index >= 15 is 0 Å². The molecule has 1 aromatic carbocycles. The van der Waals surface area contributed by atoms with Crippen LogP contribution in [0.1, 0.15) is 17.3 Å². The van der Waals surface area contributed by atoms with Crippen molar-refractivity contribution >= 4 is 15.9 Å². The summed E-state index contributed by atoms with van der Waals surface area (Å²) in [4.78, 5) is 8.01. The average Bonchev–Trinajstić information content (AvgIpc) is 2.42. The maximum absolute atomic E-state index is 13.9. The predicted molar refractivity (Wildman–Crippen MR) is 73.3 cm³/mol. The van der Waals surface area contributed by atoms with Gasteiger partial charge in [0.05, 0.1) is 11.6 Å². The third kappa shape index (κ3) is 3.27. The van der Waals surface area contributed by atoms with Gasteiger partial charge in [-0.1, -0.05) is 12.1 Å². The van der Waals surface area contributed by atoms with Crippen LogP contribution in [-0.2, 0) is 6.42 Å². The minimum absolute atomic E-state index is 0.337. The van der Waals surface area contributed by atoms with Gasteiger partial charge in [-0.25, -0.2) is 14.4 Å². The summed E-state index contributed by atoms with van der Waals surface area (Å²) in [5.74, 6) is 0.128. The summed E-state index contributed by atoms with van der Waals surface area (Å²) < 4.78 is 19.3. The third-order valence-corrected chi connectivity index (χ3v) is 3.33. The molecule has 0 aliphatic heterocycles. The third-order valence-electron chi connectivity index (χ3n) is 2.72. The molecule has 0 aliphatic carbocycles. The second-order valence-corrected chi connectivity index (χ2v) is 4.86. The molecule has 0 radical (unpaired) electrons. The summed E-state index contributed by atoms with van der Waals surface area (Å²) in [5.41, 5.74) is 7.18. The zero-order chi connectivity index (χ0) is 13.8. The fraction of sp³-hybridized carbons (Fsp3) is 0.231. The van der Waals surface area contributed by atoms with Crippen LogP contribution in [0.15, 0.2) is 35.1 Å². The van der Waals surface area contributed by atoms with Gasteiger partial charge in [-0.3, -0.25) is 0 Å². The van der Waals surface area contributed by atoms with Gasteiger partial charge < -0.3 is 10.5 Å². The monoisotopic (exact) mass is 325 g/mol. The van der Waals surface area contributed by atoms with Crippen molar-refractivity contribution in [2.45, 2.75) is 12.5 Å². The standard InChI is InChI=1S/C13H13BrFN3O/c1-19-12-6-8(17-7-18-12)5-11(16)9-3-2-4-10(14)13(9)15/h2-4,6-7,11H,5,16H2,1H3. The Hall–Kier alpha value is -1.53. The van der Waals surface area contributed by atoms with Crippen LogP contribution in [0.4, 0.5) is 4.39 Å². The van der Waals surface area contributed by atoms with E-state index in [0.717, 1.165) is 0 Å². The van der Waals surface area contributed by atoms with Crippen molar-refractivity contribution in [2.75, 3.05) is 7.11 Å². The van der Waals surface area contributed by atoms with Crippen LogP contribution in [0.25, 0.3) is 0 Å². The Bertz CT molecular complexity index is 580.